The Morgan fingerprint density at radius 1 is 1.11 bits per heavy atom. The van der Waals surface area contributed by atoms with Gasteiger partial charge in [0.15, 0.2) is 5.15 Å². The van der Waals surface area contributed by atoms with Gasteiger partial charge in [-0.2, -0.15) is 0 Å². The Hall–Kier alpha value is -1.52. The highest BCUT2D eigenvalue weighted by atomic mass is 35.5. The minimum atomic E-state index is 0.451. The minimum absolute atomic E-state index is 0.451. The summed E-state index contributed by atoms with van der Waals surface area (Å²) in [6.45, 7) is 3.85. The van der Waals surface area contributed by atoms with Gasteiger partial charge < -0.3 is 4.98 Å². The zero-order valence-corrected chi connectivity index (χ0v) is 12.1. The number of aromatic nitrogens is 3. The van der Waals surface area contributed by atoms with E-state index in [2.05, 4.69) is 27.1 Å². The molecule has 19 heavy (non-hydrogen) atoms. The number of nitrogens with one attached hydrogen (secondary N) is 1. The van der Waals surface area contributed by atoms with Crippen molar-refractivity contribution in [1.29, 1.82) is 0 Å². The molecular formula is C14H12ClN3S. The quantitative estimate of drug-likeness (QED) is 0.761. The molecule has 0 aliphatic carbocycles. The molecule has 0 unspecified atom stereocenters. The maximum absolute atomic E-state index is 6.14. The molecule has 5 heteroatoms. The van der Waals surface area contributed by atoms with Crippen molar-refractivity contribution in [2.24, 2.45) is 0 Å². The molecule has 0 fully saturated rings. The van der Waals surface area contributed by atoms with Crippen molar-refractivity contribution in [1.82, 2.24) is 15.0 Å². The third-order valence-electron chi connectivity index (χ3n) is 2.95. The highest BCUT2D eigenvalue weighted by molar-refractivity contribution is 7.99. The van der Waals surface area contributed by atoms with E-state index >= 15 is 0 Å². The number of H-pyrrole nitrogens is 1. The molecule has 0 radical (unpaired) electrons. The number of hydrogen-bond acceptors (Lipinski definition) is 3. The van der Waals surface area contributed by atoms with Crippen LogP contribution >= 0.6 is 23.4 Å². The number of hydrogen-bond donors (Lipinski definition) is 1. The monoisotopic (exact) mass is 289 g/mol. The Morgan fingerprint density at radius 2 is 1.84 bits per heavy atom. The molecule has 2 aromatic heterocycles. The van der Waals surface area contributed by atoms with Crippen molar-refractivity contribution >= 4 is 34.3 Å². The van der Waals surface area contributed by atoms with Crippen LogP contribution in [0.2, 0.25) is 5.15 Å². The molecule has 0 amide bonds. The third-order valence-corrected chi connectivity index (χ3v) is 4.24. The lowest BCUT2D eigenvalue weighted by Gasteiger charge is -2.04. The fraction of sp³-hybridized carbons (Fsp3) is 0.143. The second kappa shape index (κ2) is 4.87. The zero-order valence-electron chi connectivity index (χ0n) is 10.6. The summed E-state index contributed by atoms with van der Waals surface area (Å²) < 4.78 is 0. The first kappa shape index (κ1) is 12.5. The molecule has 0 saturated heterocycles. The molecule has 3 nitrogen and oxygen atoms in total. The molecule has 1 N–H and O–H groups in total. The Labute approximate surface area is 120 Å². The first-order valence-corrected chi connectivity index (χ1v) is 7.09. The van der Waals surface area contributed by atoms with E-state index in [0.717, 1.165) is 27.0 Å². The standard InChI is InChI=1S/C14H12ClN3S/c1-8-9(2)17-14(13(15)16-8)19-12-7-10-5-3-4-6-11(10)18-12/h3-7,18H,1-2H3. The molecule has 0 saturated carbocycles. The number of fused-ring (bicyclic) bond motifs is 1. The van der Waals surface area contributed by atoms with Gasteiger partial charge in [-0.15, -0.1) is 0 Å². The van der Waals surface area contributed by atoms with Crippen LogP contribution in [0.1, 0.15) is 11.4 Å². The first-order chi connectivity index (χ1) is 9.13. The van der Waals surface area contributed by atoms with E-state index in [9.17, 15) is 0 Å². The fourth-order valence-electron chi connectivity index (χ4n) is 1.83. The van der Waals surface area contributed by atoms with Crippen LogP contribution < -0.4 is 0 Å². The van der Waals surface area contributed by atoms with Crippen molar-refractivity contribution in [3.63, 3.8) is 0 Å². The lowest BCUT2D eigenvalue weighted by Crippen LogP contribution is -1.95. The summed E-state index contributed by atoms with van der Waals surface area (Å²) in [6, 6.07) is 10.2. The smallest absolute Gasteiger partial charge is 0.161 e. The molecule has 0 bridgehead atoms. The average molecular weight is 290 g/mol. The summed E-state index contributed by atoms with van der Waals surface area (Å²) in [7, 11) is 0. The van der Waals surface area contributed by atoms with Crippen molar-refractivity contribution in [3.05, 3.63) is 46.9 Å². The molecular weight excluding hydrogens is 278 g/mol. The van der Waals surface area contributed by atoms with Crippen LogP contribution in [-0.2, 0) is 0 Å². The van der Waals surface area contributed by atoms with Crippen LogP contribution in [-0.4, -0.2) is 15.0 Å². The van der Waals surface area contributed by atoms with Crippen LogP contribution in [0.15, 0.2) is 40.4 Å². The van der Waals surface area contributed by atoms with Gasteiger partial charge >= 0.3 is 0 Å². The van der Waals surface area contributed by atoms with E-state index in [1.54, 1.807) is 0 Å². The molecule has 2 heterocycles. The van der Waals surface area contributed by atoms with E-state index in [1.165, 1.54) is 17.1 Å². The van der Waals surface area contributed by atoms with Gasteiger partial charge in [0, 0.05) is 10.9 Å². The van der Waals surface area contributed by atoms with Gasteiger partial charge in [0.05, 0.1) is 16.4 Å². The predicted octanol–water partition coefficient (Wildman–Crippen LogP) is 4.38. The molecule has 0 aliphatic heterocycles. The fourth-order valence-corrected chi connectivity index (χ4v) is 2.98. The van der Waals surface area contributed by atoms with Gasteiger partial charge in [-0.25, -0.2) is 9.97 Å². The second-order valence-corrected chi connectivity index (χ2v) is 5.70. The van der Waals surface area contributed by atoms with E-state index < -0.39 is 0 Å². The molecule has 3 rings (SSSR count). The Morgan fingerprint density at radius 3 is 2.63 bits per heavy atom. The van der Waals surface area contributed by atoms with Crippen LogP contribution in [0.25, 0.3) is 10.9 Å². The maximum atomic E-state index is 6.14. The molecule has 0 aliphatic rings. The second-order valence-electron chi connectivity index (χ2n) is 4.31. The maximum Gasteiger partial charge on any atom is 0.161 e. The summed E-state index contributed by atoms with van der Waals surface area (Å²) in [5.74, 6) is 0. The van der Waals surface area contributed by atoms with E-state index in [-0.39, 0.29) is 0 Å². The SMILES string of the molecule is Cc1nc(Cl)c(Sc2cc3ccccc3[nH]2)nc1C. The molecule has 0 spiro atoms. The van der Waals surface area contributed by atoms with E-state index in [0.29, 0.717) is 5.15 Å². The number of aryl methyl sites for hydroxylation is 2. The normalized spacial score (nSPS) is 11.1. The number of nitrogens with zero attached hydrogens (tertiary/aromatic N) is 2. The number of benzene rings is 1. The summed E-state index contributed by atoms with van der Waals surface area (Å²) in [5, 5.41) is 3.38. The number of rotatable bonds is 2. The number of aromatic amines is 1. The number of para-hydroxylation sites is 1. The zero-order chi connectivity index (χ0) is 13.4. The van der Waals surface area contributed by atoms with Gasteiger partial charge in [-0.3, -0.25) is 0 Å². The Kier molecular flexibility index (Phi) is 3.21. The first-order valence-electron chi connectivity index (χ1n) is 5.90. The molecule has 3 aromatic rings. The molecule has 1 aromatic carbocycles. The highest BCUT2D eigenvalue weighted by Gasteiger charge is 2.10. The van der Waals surface area contributed by atoms with Gasteiger partial charge in [0.2, 0.25) is 0 Å². The largest absolute Gasteiger partial charge is 0.349 e. The summed E-state index contributed by atoms with van der Waals surface area (Å²) in [5.41, 5.74) is 2.88. The minimum Gasteiger partial charge on any atom is -0.349 e. The summed E-state index contributed by atoms with van der Waals surface area (Å²) in [6.07, 6.45) is 0. The van der Waals surface area contributed by atoms with Crippen molar-refractivity contribution < 1.29 is 0 Å². The Bertz CT molecular complexity index is 719. The van der Waals surface area contributed by atoms with E-state index in [4.69, 9.17) is 11.6 Å². The van der Waals surface area contributed by atoms with Gasteiger partial charge in [-0.05, 0) is 37.7 Å². The van der Waals surface area contributed by atoms with Crippen LogP contribution in [0, 0.1) is 13.8 Å². The van der Waals surface area contributed by atoms with Gasteiger partial charge in [0.25, 0.3) is 0 Å². The molecule has 0 atom stereocenters. The lowest BCUT2D eigenvalue weighted by molar-refractivity contribution is 0.956. The van der Waals surface area contributed by atoms with Gasteiger partial charge in [0.1, 0.15) is 5.03 Å². The topological polar surface area (TPSA) is 41.6 Å². The third kappa shape index (κ3) is 2.46. The van der Waals surface area contributed by atoms with Crippen LogP contribution in [0.5, 0.6) is 0 Å². The van der Waals surface area contributed by atoms with Crippen LogP contribution in [0.3, 0.4) is 0 Å². The predicted molar refractivity (Wildman–Crippen MR) is 78.9 cm³/mol. The van der Waals surface area contributed by atoms with Crippen molar-refractivity contribution in [3.8, 4) is 0 Å². The van der Waals surface area contributed by atoms with E-state index in [1.807, 2.05) is 32.0 Å². The van der Waals surface area contributed by atoms with Crippen LogP contribution in [0.4, 0.5) is 0 Å². The van der Waals surface area contributed by atoms with Crippen molar-refractivity contribution in [2.75, 3.05) is 0 Å². The lowest BCUT2D eigenvalue weighted by atomic mass is 10.3. The van der Waals surface area contributed by atoms with Gasteiger partial charge in [-0.1, -0.05) is 29.8 Å². The Balaban J connectivity index is 1.98. The average Bonchev–Trinajstić information content (AvgIpc) is 2.78. The number of halogens is 1. The molecule has 96 valence electrons. The summed E-state index contributed by atoms with van der Waals surface area (Å²) >= 11 is 7.64. The van der Waals surface area contributed by atoms with Crippen molar-refractivity contribution in [2.45, 2.75) is 23.9 Å². The highest BCUT2D eigenvalue weighted by Crippen LogP contribution is 2.32. The summed E-state index contributed by atoms with van der Waals surface area (Å²) in [4.78, 5) is 12.1.